The number of hydrogen-bond acceptors (Lipinski definition) is 3. The number of rotatable bonds is 3. The average molecular weight is 428 g/mol. The molecule has 0 aromatic heterocycles. The molecule has 3 aliphatic carbocycles. The predicted octanol–water partition coefficient (Wildman–Crippen LogP) is 4.69. The Bertz CT molecular complexity index is 1400. The monoisotopic (exact) mass is 428 g/mol. The Balaban J connectivity index is 1.90. The van der Waals surface area contributed by atoms with Crippen LogP contribution in [-0.4, -0.2) is 33.2 Å². The van der Waals surface area contributed by atoms with Crippen LogP contribution in [0.15, 0.2) is 36.4 Å². The van der Waals surface area contributed by atoms with Gasteiger partial charge in [-0.15, -0.1) is 0 Å². The van der Waals surface area contributed by atoms with E-state index in [4.69, 9.17) is 0 Å². The molecule has 2 unspecified atom stereocenters. The Hall–Kier alpha value is -3.93. The molecule has 32 heavy (non-hydrogen) atoms. The number of carbonyl (C=O) groups is 3. The zero-order chi connectivity index (χ0) is 23.1. The highest BCUT2D eigenvalue weighted by molar-refractivity contribution is 6.02. The lowest BCUT2D eigenvalue weighted by atomic mass is 9.59. The summed E-state index contributed by atoms with van der Waals surface area (Å²) in [6.07, 6.45) is 0. The maximum atomic E-state index is 11.9. The standard InChI is InChI=1S/C26H20O6/c1-10-4-14-15(5-11(10)2)23-17-7-13(24(27)28)12(3)6-16(17)22(14)18-8-20(25(29)30)21(26(31)32)9-19(18)23/h4-9,22-23H,1-3H3,(H,27,28)(H,29,30)(H,31,32). The molecule has 6 nitrogen and oxygen atoms in total. The van der Waals surface area contributed by atoms with Crippen molar-refractivity contribution in [2.75, 3.05) is 0 Å². The van der Waals surface area contributed by atoms with Gasteiger partial charge < -0.3 is 15.3 Å². The van der Waals surface area contributed by atoms with Gasteiger partial charge in [0.15, 0.2) is 0 Å². The van der Waals surface area contributed by atoms with E-state index < -0.39 is 17.9 Å². The first-order chi connectivity index (χ1) is 15.1. The van der Waals surface area contributed by atoms with Crippen molar-refractivity contribution < 1.29 is 29.7 Å². The van der Waals surface area contributed by atoms with Crippen LogP contribution in [-0.2, 0) is 0 Å². The molecule has 0 amide bonds. The topological polar surface area (TPSA) is 112 Å². The number of benzene rings is 3. The SMILES string of the molecule is Cc1cc2c(cc1C)C1c3cc(C(=O)O)c(C)cc3C2c2cc(C(=O)O)c(C(=O)O)cc21. The second-order valence-electron chi connectivity index (χ2n) is 8.67. The van der Waals surface area contributed by atoms with Gasteiger partial charge in [-0.2, -0.15) is 0 Å². The van der Waals surface area contributed by atoms with Gasteiger partial charge >= 0.3 is 17.9 Å². The van der Waals surface area contributed by atoms with Crippen LogP contribution >= 0.6 is 0 Å². The van der Waals surface area contributed by atoms with E-state index in [0.29, 0.717) is 5.56 Å². The molecule has 3 aromatic carbocycles. The lowest BCUT2D eigenvalue weighted by molar-refractivity contribution is 0.0651. The van der Waals surface area contributed by atoms with Gasteiger partial charge in [-0.05, 0) is 89.0 Å². The minimum Gasteiger partial charge on any atom is -0.478 e. The second-order valence-corrected chi connectivity index (χ2v) is 8.67. The summed E-state index contributed by atoms with van der Waals surface area (Å²) in [5.41, 5.74) is 7.88. The molecule has 2 atom stereocenters. The first-order valence-electron chi connectivity index (χ1n) is 10.2. The smallest absolute Gasteiger partial charge is 0.336 e. The van der Waals surface area contributed by atoms with Gasteiger partial charge in [0.25, 0.3) is 0 Å². The van der Waals surface area contributed by atoms with Gasteiger partial charge in [-0.25, -0.2) is 14.4 Å². The van der Waals surface area contributed by atoms with Crippen molar-refractivity contribution in [2.45, 2.75) is 32.6 Å². The fraction of sp³-hybridized carbons (Fsp3) is 0.192. The first kappa shape index (κ1) is 20.0. The lowest BCUT2D eigenvalue weighted by Gasteiger charge is -2.43. The molecule has 0 fully saturated rings. The van der Waals surface area contributed by atoms with Crippen LogP contribution < -0.4 is 0 Å². The Morgan fingerprint density at radius 3 is 1.12 bits per heavy atom. The molecule has 3 aromatic rings. The van der Waals surface area contributed by atoms with Crippen molar-refractivity contribution >= 4 is 17.9 Å². The summed E-state index contributed by atoms with van der Waals surface area (Å²) < 4.78 is 0. The maximum Gasteiger partial charge on any atom is 0.336 e. The van der Waals surface area contributed by atoms with Crippen LogP contribution in [0.1, 0.15) is 93.0 Å². The first-order valence-corrected chi connectivity index (χ1v) is 10.2. The molecule has 3 N–H and O–H groups in total. The molecule has 3 aliphatic rings. The molecule has 0 saturated heterocycles. The fourth-order valence-corrected chi connectivity index (χ4v) is 5.33. The molecular weight excluding hydrogens is 408 g/mol. The largest absolute Gasteiger partial charge is 0.478 e. The predicted molar refractivity (Wildman–Crippen MR) is 116 cm³/mol. The quantitative estimate of drug-likeness (QED) is 0.384. The molecule has 6 heteroatoms. The Morgan fingerprint density at radius 1 is 0.500 bits per heavy atom. The van der Waals surface area contributed by atoms with Crippen molar-refractivity contribution in [1.29, 1.82) is 0 Å². The van der Waals surface area contributed by atoms with Gasteiger partial charge in [0, 0.05) is 11.8 Å². The molecule has 0 saturated carbocycles. The van der Waals surface area contributed by atoms with Crippen molar-refractivity contribution in [3.8, 4) is 0 Å². The van der Waals surface area contributed by atoms with E-state index in [-0.39, 0.29) is 28.5 Å². The molecule has 2 bridgehead atoms. The minimum absolute atomic E-state index is 0.212. The van der Waals surface area contributed by atoms with Crippen LogP contribution in [0.4, 0.5) is 0 Å². The molecule has 160 valence electrons. The molecule has 6 rings (SSSR count). The van der Waals surface area contributed by atoms with E-state index in [1.807, 2.05) is 19.9 Å². The summed E-state index contributed by atoms with van der Waals surface area (Å²) in [5, 5.41) is 29.0. The molecule has 0 aliphatic heterocycles. The fourth-order valence-electron chi connectivity index (χ4n) is 5.33. The van der Waals surface area contributed by atoms with Crippen molar-refractivity contribution in [1.82, 2.24) is 0 Å². The van der Waals surface area contributed by atoms with Crippen LogP contribution in [0.2, 0.25) is 0 Å². The lowest BCUT2D eigenvalue weighted by Crippen LogP contribution is -2.29. The molecule has 0 heterocycles. The molecular formula is C26H20O6. The third-order valence-corrected chi connectivity index (χ3v) is 6.91. The van der Waals surface area contributed by atoms with Crippen molar-refractivity contribution in [2.24, 2.45) is 0 Å². The Kier molecular flexibility index (Phi) is 4.08. The van der Waals surface area contributed by atoms with Gasteiger partial charge in [-0.3, -0.25) is 0 Å². The van der Waals surface area contributed by atoms with Crippen LogP contribution in [0.3, 0.4) is 0 Å². The molecule has 0 spiro atoms. The third kappa shape index (κ3) is 2.56. The van der Waals surface area contributed by atoms with Crippen molar-refractivity contribution in [3.05, 3.63) is 103 Å². The van der Waals surface area contributed by atoms with Crippen molar-refractivity contribution in [3.63, 3.8) is 0 Å². The highest BCUT2D eigenvalue weighted by Gasteiger charge is 2.43. The summed E-state index contributed by atoms with van der Waals surface area (Å²) in [6.45, 7) is 5.78. The van der Waals surface area contributed by atoms with Crippen LogP contribution in [0.5, 0.6) is 0 Å². The second kappa shape index (κ2) is 6.53. The highest BCUT2D eigenvalue weighted by Crippen LogP contribution is 2.57. The van der Waals surface area contributed by atoms with Gasteiger partial charge in [0.1, 0.15) is 0 Å². The number of aromatic carboxylic acids is 3. The normalized spacial score (nSPS) is 17.3. The maximum absolute atomic E-state index is 11.9. The summed E-state index contributed by atoms with van der Waals surface area (Å²) in [7, 11) is 0. The van der Waals surface area contributed by atoms with E-state index in [0.717, 1.165) is 44.5 Å². The average Bonchev–Trinajstić information content (AvgIpc) is 2.72. The number of aryl methyl sites for hydroxylation is 3. The summed E-state index contributed by atoms with van der Waals surface area (Å²) in [6, 6.07) is 10.7. The van der Waals surface area contributed by atoms with Crippen LogP contribution in [0, 0.1) is 20.8 Å². The van der Waals surface area contributed by atoms with E-state index in [1.54, 1.807) is 13.0 Å². The number of carboxylic acids is 3. The summed E-state index contributed by atoms with van der Waals surface area (Å²) in [4.78, 5) is 35.5. The van der Waals surface area contributed by atoms with E-state index in [1.165, 1.54) is 12.1 Å². The minimum atomic E-state index is -1.30. The molecule has 0 radical (unpaired) electrons. The Morgan fingerprint density at radius 2 is 0.781 bits per heavy atom. The van der Waals surface area contributed by atoms with Gasteiger partial charge in [0.05, 0.1) is 16.7 Å². The van der Waals surface area contributed by atoms with E-state index in [2.05, 4.69) is 12.1 Å². The Labute approximate surface area is 183 Å². The van der Waals surface area contributed by atoms with E-state index in [9.17, 15) is 29.7 Å². The third-order valence-electron chi connectivity index (χ3n) is 6.91. The van der Waals surface area contributed by atoms with Gasteiger partial charge in [0.2, 0.25) is 0 Å². The van der Waals surface area contributed by atoms with Crippen LogP contribution in [0.25, 0.3) is 0 Å². The summed E-state index contributed by atoms with van der Waals surface area (Å²) in [5.74, 6) is -4.26. The number of hydrogen-bond donors (Lipinski definition) is 3. The van der Waals surface area contributed by atoms with Gasteiger partial charge in [-0.1, -0.05) is 18.2 Å². The highest BCUT2D eigenvalue weighted by atomic mass is 16.4. The zero-order valence-electron chi connectivity index (χ0n) is 17.7. The van der Waals surface area contributed by atoms with E-state index >= 15 is 0 Å². The number of carboxylic acid groups (broad SMARTS) is 3. The zero-order valence-corrected chi connectivity index (χ0v) is 17.7. The summed E-state index contributed by atoms with van der Waals surface area (Å²) >= 11 is 0.